The van der Waals surface area contributed by atoms with Gasteiger partial charge in [-0.3, -0.25) is 10.4 Å². The molecular formula is C27H31Cl2FN6O2S. The highest BCUT2D eigenvalue weighted by atomic mass is 35.5. The van der Waals surface area contributed by atoms with Crippen LogP contribution >= 0.6 is 35.8 Å². The fraction of sp³-hybridized carbons (Fsp3) is 0.370. The van der Waals surface area contributed by atoms with Crippen LogP contribution in [0, 0.1) is 23.6 Å². The Labute approximate surface area is 242 Å². The standard InChI is InChI=1S/C26H27Cl2FN6O2.CH4S/c1-13-23(28)22(17(27)8-33-13)14(2)37-21-5-16(19(30)6-20(21)36-3)24(31)15-4-18(29)25(34-7-15)35-11-26(12-35)9-32-10-26;1-2/h4-8,14,31-32H,9-12,30H2,1-3H3;2H,1H3/t14-;/m1./s1. The molecule has 0 saturated carbocycles. The average Bonchev–Trinajstić information content (AvgIpc) is 2.87. The van der Waals surface area contributed by atoms with Gasteiger partial charge in [0.1, 0.15) is 6.10 Å². The number of pyridine rings is 2. The van der Waals surface area contributed by atoms with Gasteiger partial charge in [0.05, 0.1) is 28.6 Å². The van der Waals surface area contributed by atoms with Gasteiger partial charge in [-0.1, -0.05) is 23.2 Å². The van der Waals surface area contributed by atoms with Gasteiger partial charge in [-0.15, -0.1) is 0 Å². The number of nitrogens with two attached hydrogens (primary N) is 1. The first kappa shape index (κ1) is 29.2. The van der Waals surface area contributed by atoms with Crippen LogP contribution in [0.3, 0.4) is 0 Å². The third-order valence-corrected chi connectivity index (χ3v) is 7.74. The second-order valence-electron chi connectivity index (χ2n) is 9.63. The maximum Gasteiger partial charge on any atom is 0.166 e. The van der Waals surface area contributed by atoms with Gasteiger partial charge in [0.15, 0.2) is 23.1 Å². The molecule has 2 aliphatic rings. The van der Waals surface area contributed by atoms with Crippen LogP contribution in [0.1, 0.15) is 35.4 Å². The monoisotopic (exact) mass is 592 g/mol. The van der Waals surface area contributed by atoms with Crippen LogP contribution in [0.15, 0.2) is 30.6 Å². The minimum atomic E-state index is -0.565. The number of hydrogen-bond donors (Lipinski definition) is 4. The summed E-state index contributed by atoms with van der Waals surface area (Å²) in [6, 6.07) is 4.48. The number of halogens is 3. The number of methoxy groups -OCH3 is 1. The van der Waals surface area contributed by atoms with E-state index < -0.39 is 11.9 Å². The molecule has 1 aromatic carbocycles. The average molecular weight is 594 g/mol. The van der Waals surface area contributed by atoms with Crippen LogP contribution in [-0.2, 0) is 0 Å². The molecule has 2 aromatic heterocycles. The summed E-state index contributed by atoms with van der Waals surface area (Å²) in [5.41, 5.74) is 8.65. The Hall–Kier alpha value is -2.79. The van der Waals surface area contributed by atoms with Crippen LogP contribution in [0.2, 0.25) is 10.0 Å². The summed E-state index contributed by atoms with van der Waals surface area (Å²) in [6.45, 7) is 7.03. The van der Waals surface area contributed by atoms with Gasteiger partial charge < -0.3 is 25.4 Å². The van der Waals surface area contributed by atoms with Crippen molar-refractivity contribution in [2.75, 3.05) is 50.2 Å². The fourth-order valence-electron chi connectivity index (χ4n) is 4.82. The molecule has 0 unspecified atom stereocenters. The molecule has 2 aliphatic heterocycles. The molecule has 4 heterocycles. The van der Waals surface area contributed by atoms with Crippen LogP contribution in [-0.4, -0.2) is 55.2 Å². The Kier molecular flexibility index (Phi) is 8.80. The van der Waals surface area contributed by atoms with Crippen LogP contribution < -0.4 is 25.4 Å². The third-order valence-electron chi connectivity index (χ3n) is 6.96. The zero-order chi connectivity index (χ0) is 28.5. The second-order valence-corrected chi connectivity index (χ2v) is 10.4. The van der Waals surface area contributed by atoms with Gasteiger partial charge in [-0.2, -0.15) is 12.6 Å². The number of hydrogen-bond acceptors (Lipinski definition) is 9. The number of benzene rings is 1. The Balaban J connectivity index is 0.00000172. The fourth-order valence-corrected chi connectivity index (χ4v) is 5.47. The van der Waals surface area contributed by atoms with Crippen molar-refractivity contribution in [1.29, 1.82) is 5.41 Å². The Morgan fingerprint density at radius 1 is 1.18 bits per heavy atom. The summed E-state index contributed by atoms with van der Waals surface area (Å²) in [5.74, 6) is 0.529. The molecule has 2 fully saturated rings. The van der Waals surface area contributed by atoms with Gasteiger partial charge >= 0.3 is 0 Å². The van der Waals surface area contributed by atoms with Crippen molar-refractivity contribution in [3.63, 3.8) is 0 Å². The van der Waals surface area contributed by atoms with Crippen molar-refractivity contribution in [3.8, 4) is 11.5 Å². The second kappa shape index (κ2) is 11.8. The number of aromatic nitrogens is 2. The molecule has 0 amide bonds. The summed E-state index contributed by atoms with van der Waals surface area (Å²) >= 11 is 16.3. The van der Waals surface area contributed by atoms with Crippen molar-refractivity contribution in [3.05, 3.63) is 68.8 Å². The van der Waals surface area contributed by atoms with Crippen LogP contribution in [0.25, 0.3) is 0 Å². The van der Waals surface area contributed by atoms with E-state index in [0.29, 0.717) is 49.7 Å². The molecule has 0 bridgehead atoms. The number of nitrogens with one attached hydrogen (secondary N) is 2. The van der Waals surface area contributed by atoms with E-state index >= 15 is 4.39 Å². The molecule has 12 heteroatoms. The number of aryl methyl sites for hydroxylation is 1. The molecule has 39 heavy (non-hydrogen) atoms. The summed E-state index contributed by atoms with van der Waals surface area (Å²) in [5, 5.41) is 12.8. The van der Waals surface area contributed by atoms with Crippen molar-refractivity contribution >= 4 is 53.0 Å². The summed E-state index contributed by atoms with van der Waals surface area (Å²) < 4.78 is 26.7. The molecular weight excluding hydrogens is 562 g/mol. The number of ether oxygens (including phenoxy) is 2. The van der Waals surface area contributed by atoms with Crippen LogP contribution in [0.4, 0.5) is 15.9 Å². The molecule has 1 spiro atoms. The van der Waals surface area contributed by atoms with Crippen molar-refractivity contribution in [1.82, 2.24) is 15.3 Å². The van der Waals surface area contributed by atoms with Gasteiger partial charge in [-0.05, 0) is 32.2 Å². The molecule has 4 N–H and O–H groups in total. The summed E-state index contributed by atoms with van der Waals surface area (Å²) in [6.07, 6.45) is 4.15. The highest BCUT2D eigenvalue weighted by Gasteiger charge is 2.48. The van der Waals surface area contributed by atoms with Gasteiger partial charge in [0, 0.05) is 72.4 Å². The molecule has 1 atom stereocenters. The molecule has 5 rings (SSSR count). The van der Waals surface area contributed by atoms with E-state index in [1.807, 2.05) is 4.90 Å². The molecule has 208 valence electrons. The smallest absolute Gasteiger partial charge is 0.166 e. The number of anilines is 2. The molecule has 8 nitrogen and oxygen atoms in total. The third kappa shape index (κ3) is 5.61. The van der Waals surface area contributed by atoms with Gasteiger partial charge in [-0.25, -0.2) is 9.37 Å². The maximum atomic E-state index is 15.0. The van der Waals surface area contributed by atoms with Crippen molar-refractivity contribution < 1.29 is 13.9 Å². The number of nitrogen functional groups attached to an aromatic ring is 1. The molecule has 2 saturated heterocycles. The minimum Gasteiger partial charge on any atom is -0.493 e. The largest absolute Gasteiger partial charge is 0.493 e. The lowest BCUT2D eigenvalue weighted by molar-refractivity contribution is 0.119. The van der Waals surface area contributed by atoms with E-state index in [4.69, 9.17) is 43.8 Å². The first-order chi connectivity index (χ1) is 18.6. The Morgan fingerprint density at radius 2 is 1.87 bits per heavy atom. The minimum absolute atomic E-state index is 0.00898. The van der Waals surface area contributed by atoms with Gasteiger partial charge in [0.25, 0.3) is 0 Å². The van der Waals surface area contributed by atoms with E-state index in [2.05, 4.69) is 27.9 Å². The number of thiol groups is 1. The first-order valence-electron chi connectivity index (χ1n) is 12.2. The highest BCUT2D eigenvalue weighted by molar-refractivity contribution is 7.79. The lowest BCUT2D eigenvalue weighted by atomic mass is 9.74. The number of nitrogens with zero attached hydrogens (tertiary/aromatic N) is 3. The first-order valence-corrected chi connectivity index (χ1v) is 13.9. The molecule has 3 aromatic rings. The van der Waals surface area contributed by atoms with E-state index in [9.17, 15) is 0 Å². The molecule has 0 aliphatic carbocycles. The van der Waals surface area contributed by atoms with E-state index in [0.717, 1.165) is 26.2 Å². The summed E-state index contributed by atoms with van der Waals surface area (Å²) in [4.78, 5) is 10.4. The van der Waals surface area contributed by atoms with E-state index in [1.165, 1.54) is 25.6 Å². The lowest BCUT2D eigenvalue weighted by Gasteiger charge is -2.56. The van der Waals surface area contributed by atoms with E-state index in [1.54, 1.807) is 32.2 Å². The van der Waals surface area contributed by atoms with Gasteiger partial charge in [0.2, 0.25) is 0 Å². The number of rotatable bonds is 7. The Morgan fingerprint density at radius 3 is 2.46 bits per heavy atom. The zero-order valence-corrected chi connectivity index (χ0v) is 24.5. The predicted octanol–water partition coefficient (Wildman–Crippen LogP) is 5.33. The maximum absolute atomic E-state index is 15.0. The van der Waals surface area contributed by atoms with E-state index in [-0.39, 0.29) is 16.8 Å². The summed E-state index contributed by atoms with van der Waals surface area (Å²) in [7, 11) is 1.49. The van der Waals surface area contributed by atoms with Crippen LogP contribution in [0.5, 0.6) is 11.5 Å². The molecule has 0 radical (unpaired) electrons. The lowest BCUT2D eigenvalue weighted by Crippen LogP contribution is -2.71. The highest BCUT2D eigenvalue weighted by Crippen LogP contribution is 2.40. The predicted molar refractivity (Wildman–Crippen MR) is 158 cm³/mol. The normalized spacial score (nSPS) is 15.9. The zero-order valence-electron chi connectivity index (χ0n) is 22.1. The SMILES string of the molecule is COc1cc(N)c(C(=N)c2cnc(N3CC4(CNC4)C3)c(F)c2)cc1O[C@H](C)c1c(Cl)cnc(C)c1Cl.CS. The quantitative estimate of drug-likeness (QED) is 0.167. The van der Waals surface area contributed by atoms with Crippen molar-refractivity contribution in [2.24, 2.45) is 5.41 Å². The Bertz CT molecular complexity index is 1400. The topological polar surface area (TPSA) is 109 Å². The van der Waals surface area contributed by atoms with Crippen molar-refractivity contribution in [2.45, 2.75) is 20.0 Å².